The van der Waals surface area contributed by atoms with E-state index in [1.54, 1.807) is 36.2 Å². The molecule has 0 bridgehead atoms. The van der Waals surface area contributed by atoms with Crippen LogP contribution in [0.15, 0.2) is 35.5 Å². The number of benzene rings is 1. The summed E-state index contributed by atoms with van der Waals surface area (Å²) >= 11 is 0. The fourth-order valence-corrected chi connectivity index (χ4v) is 4.00. The fourth-order valence-electron chi connectivity index (χ4n) is 4.00. The highest BCUT2D eigenvalue weighted by molar-refractivity contribution is 6.02. The number of amides is 1. The quantitative estimate of drug-likeness (QED) is 0.613. The molecule has 1 heterocycles. The third-order valence-electron chi connectivity index (χ3n) is 5.00. The standard InChI is InChI=1S/C19H23N3O4/c1-19(2)10-15-18(16(23)11-19)14(9-17(24)21(15)20(3)4)12-6-5-7-13(8-12)22(25)26/h5-8,14H,9-11H2,1-4H3. The number of nitrogens with zero attached hydrogens (tertiary/aromatic N) is 3. The van der Waals surface area contributed by atoms with Crippen molar-refractivity contribution >= 4 is 17.4 Å². The summed E-state index contributed by atoms with van der Waals surface area (Å²) in [7, 11) is 3.56. The van der Waals surface area contributed by atoms with E-state index in [1.165, 1.54) is 12.1 Å². The predicted octanol–water partition coefficient (Wildman–Crippen LogP) is 3.03. The second kappa shape index (κ2) is 6.32. The Morgan fingerprint density at radius 1 is 1.23 bits per heavy atom. The topological polar surface area (TPSA) is 83.8 Å². The fraction of sp³-hybridized carbons (Fsp3) is 0.474. The minimum atomic E-state index is -0.457. The van der Waals surface area contributed by atoms with Crippen molar-refractivity contribution in [3.63, 3.8) is 0 Å². The second-order valence-corrected chi connectivity index (χ2v) is 7.96. The Labute approximate surface area is 152 Å². The first-order valence-electron chi connectivity index (χ1n) is 8.61. The molecule has 0 aromatic heterocycles. The Kier molecular flexibility index (Phi) is 4.44. The molecule has 1 amide bonds. The molecule has 1 aliphatic carbocycles. The lowest BCUT2D eigenvalue weighted by Crippen LogP contribution is -2.49. The number of hydrazine groups is 1. The molecule has 0 saturated heterocycles. The summed E-state index contributed by atoms with van der Waals surface area (Å²) < 4.78 is 0. The van der Waals surface area contributed by atoms with Crippen LogP contribution < -0.4 is 0 Å². The summed E-state index contributed by atoms with van der Waals surface area (Å²) in [4.78, 5) is 36.5. The molecule has 138 valence electrons. The van der Waals surface area contributed by atoms with Crippen LogP contribution in [0.3, 0.4) is 0 Å². The molecule has 3 rings (SSSR count). The number of non-ortho nitro benzene ring substituents is 1. The van der Waals surface area contributed by atoms with Crippen molar-refractivity contribution in [3.8, 4) is 0 Å². The number of carbonyl (C=O) groups excluding carboxylic acids is 2. The van der Waals surface area contributed by atoms with Crippen LogP contribution in [0.25, 0.3) is 0 Å². The van der Waals surface area contributed by atoms with E-state index in [0.29, 0.717) is 24.0 Å². The number of Topliss-reactive ketones (excluding diaryl/α,β-unsaturated/α-hetero) is 1. The van der Waals surface area contributed by atoms with Gasteiger partial charge in [0.25, 0.3) is 5.69 Å². The molecule has 0 N–H and O–H groups in total. The number of hydrogen-bond acceptors (Lipinski definition) is 5. The van der Waals surface area contributed by atoms with Crippen LogP contribution in [0.1, 0.15) is 44.6 Å². The van der Waals surface area contributed by atoms with Crippen LogP contribution in [0, 0.1) is 15.5 Å². The van der Waals surface area contributed by atoms with Gasteiger partial charge in [0.1, 0.15) is 0 Å². The molecule has 26 heavy (non-hydrogen) atoms. The summed E-state index contributed by atoms with van der Waals surface area (Å²) in [5, 5.41) is 14.4. The highest BCUT2D eigenvalue weighted by atomic mass is 16.6. The smallest absolute Gasteiger partial charge is 0.269 e. The Balaban J connectivity index is 2.16. The predicted molar refractivity (Wildman–Crippen MR) is 96.0 cm³/mol. The van der Waals surface area contributed by atoms with Crippen molar-refractivity contribution in [1.29, 1.82) is 0 Å². The van der Waals surface area contributed by atoms with E-state index in [2.05, 4.69) is 0 Å². The molecule has 1 aromatic rings. The first-order valence-corrected chi connectivity index (χ1v) is 8.61. The van der Waals surface area contributed by atoms with Gasteiger partial charge in [-0.2, -0.15) is 0 Å². The van der Waals surface area contributed by atoms with Crippen LogP contribution >= 0.6 is 0 Å². The van der Waals surface area contributed by atoms with Crippen LogP contribution in [0.5, 0.6) is 0 Å². The SMILES string of the molecule is CN(C)N1C(=O)CC(c2cccc([N+](=O)[O-])c2)C2=C1CC(C)(C)CC2=O. The summed E-state index contributed by atoms with van der Waals surface area (Å²) in [5.74, 6) is -0.514. The Morgan fingerprint density at radius 3 is 2.54 bits per heavy atom. The largest absolute Gasteiger partial charge is 0.294 e. The molecule has 0 saturated carbocycles. The monoisotopic (exact) mass is 357 g/mol. The number of rotatable bonds is 3. The van der Waals surface area contributed by atoms with Gasteiger partial charge in [-0.05, 0) is 17.4 Å². The van der Waals surface area contributed by atoms with Crippen molar-refractivity contribution in [2.45, 2.75) is 39.0 Å². The number of nitro benzene ring substituents is 1. The van der Waals surface area contributed by atoms with E-state index in [1.807, 2.05) is 13.8 Å². The van der Waals surface area contributed by atoms with Crippen LogP contribution in [0.4, 0.5) is 5.69 Å². The maximum Gasteiger partial charge on any atom is 0.269 e. The summed E-state index contributed by atoms with van der Waals surface area (Å²) in [5.41, 5.74) is 1.74. The lowest BCUT2D eigenvalue weighted by Gasteiger charge is -2.44. The van der Waals surface area contributed by atoms with Crippen LogP contribution in [0.2, 0.25) is 0 Å². The Morgan fingerprint density at radius 2 is 1.92 bits per heavy atom. The van der Waals surface area contributed by atoms with Crippen molar-refractivity contribution in [2.75, 3.05) is 14.1 Å². The number of allylic oxidation sites excluding steroid dienone is 2. The molecular weight excluding hydrogens is 334 g/mol. The van der Waals surface area contributed by atoms with Crippen LogP contribution in [-0.2, 0) is 9.59 Å². The number of hydrogen-bond donors (Lipinski definition) is 0. The molecular formula is C19H23N3O4. The third kappa shape index (κ3) is 3.14. The van der Waals surface area contributed by atoms with Crippen molar-refractivity contribution in [3.05, 3.63) is 51.2 Å². The van der Waals surface area contributed by atoms with Crippen LogP contribution in [-0.4, -0.2) is 40.7 Å². The number of carbonyl (C=O) groups is 2. The maximum atomic E-state index is 13.0. The van der Waals surface area contributed by atoms with E-state index in [-0.39, 0.29) is 29.2 Å². The van der Waals surface area contributed by atoms with E-state index in [4.69, 9.17) is 0 Å². The summed E-state index contributed by atoms with van der Waals surface area (Å²) in [6, 6.07) is 6.25. The summed E-state index contributed by atoms with van der Waals surface area (Å²) in [6.07, 6.45) is 1.15. The normalized spacial score (nSPS) is 22.7. The maximum absolute atomic E-state index is 13.0. The zero-order chi connectivity index (χ0) is 19.2. The summed E-state index contributed by atoms with van der Waals surface area (Å²) in [6.45, 7) is 4.04. The van der Waals surface area contributed by atoms with Gasteiger partial charge >= 0.3 is 0 Å². The van der Waals surface area contributed by atoms with E-state index in [9.17, 15) is 19.7 Å². The second-order valence-electron chi connectivity index (χ2n) is 7.96. The molecule has 1 atom stereocenters. The zero-order valence-electron chi connectivity index (χ0n) is 15.5. The zero-order valence-corrected chi connectivity index (χ0v) is 15.5. The average molecular weight is 357 g/mol. The first-order chi connectivity index (χ1) is 12.1. The minimum Gasteiger partial charge on any atom is -0.294 e. The van der Waals surface area contributed by atoms with Crippen molar-refractivity contribution < 1.29 is 14.5 Å². The van der Waals surface area contributed by atoms with Gasteiger partial charge in [0.15, 0.2) is 5.78 Å². The lowest BCUT2D eigenvalue weighted by molar-refractivity contribution is -0.384. The third-order valence-corrected chi connectivity index (χ3v) is 5.00. The van der Waals surface area contributed by atoms with E-state index in [0.717, 1.165) is 5.70 Å². The lowest BCUT2D eigenvalue weighted by atomic mass is 9.69. The van der Waals surface area contributed by atoms with Crippen molar-refractivity contribution in [2.24, 2.45) is 5.41 Å². The Hall–Kier alpha value is -2.54. The molecule has 2 aliphatic rings. The molecule has 7 nitrogen and oxygen atoms in total. The van der Waals surface area contributed by atoms with Gasteiger partial charge in [0.2, 0.25) is 5.91 Å². The van der Waals surface area contributed by atoms with E-state index < -0.39 is 10.8 Å². The first kappa shape index (κ1) is 18.3. The molecule has 7 heteroatoms. The number of nitro groups is 1. The van der Waals surface area contributed by atoms with Gasteiger partial charge in [0, 0.05) is 56.3 Å². The van der Waals surface area contributed by atoms with E-state index >= 15 is 0 Å². The van der Waals surface area contributed by atoms with Gasteiger partial charge in [-0.25, -0.2) is 10.0 Å². The number of ketones is 1. The minimum absolute atomic E-state index is 0.0205. The Bertz CT molecular complexity index is 826. The van der Waals surface area contributed by atoms with Gasteiger partial charge in [-0.1, -0.05) is 26.0 Å². The molecule has 1 aromatic carbocycles. The average Bonchev–Trinajstić information content (AvgIpc) is 2.52. The molecule has 0 radical (unpaired) electrons. The molecule has 0 spiro atoms. The van der Waals surface area contributed by atoms with Gasteiger partial charge < -0.3 is 0 Å². The molecule has 0 fully saturated rings. The molecule has 1 aliphatic heterocycles. The van der Waals surface area contributed by atoms with Gasteiger partial charge in [-0.3, -0.25) is 19.7 Å². The highest BCUT2D eigenvalue weighted by Gasteiger charge is 2.44. The van der Waals surface area contributed by atoms with Gasteiger partial charge in [0.05, 0.1) is 4.92 Å². The molecule has 1 unspecified atom stereocenters. The van der Waals surface area contributed by atoms with Gasteiger partial charge in [-0.15, -0.1) is 0 Å². The van der Waals surface area contributed by atoms with Crippen molar-refractivity contribution in [1.82, 2.24) is 10.0 Å². The highest BCUT2D eigenvalue weighted by Crippen LogP contribution is 2.47.